The van der Waals surface area contributed by atoms with Gasteiger partial charge in [-0.25, -0.2) is 4.39 Å². The second-order valence-corrected chi connectivity index (χ2v) is 2.69. The maximum absolute atomic E-state index is 12.7. The summed E-state index contributed by atoms with van der Waals surface area (Å²) in [5.41, 5.74) is 1.45. The molecule has 0 aromatic heterocycles. The molecule has 1 amide bonds. The van der Waals surface area contributed by atoms with Gasteiger partial charge < -0.3 is 5.32 Å². The van der Waals surface area contributed by atoms with Crippen LogP contribution >= 0.6 is 0 Å². The van der Waals surface area contributed by atoms with Crippen molar-refractivity contribution in [3.63, 3.8) is 0 Å². The molecule has 0 saturated heterocycles. The molecule has 1 aromatic carbocycles. The molecule has 0 fully saturated rings. The molecule has 3 heteroatoms. The SMILES string of the molecule is O=C1C[CH]c2cc(F)ccc2N1. The quantitative estimate of drug-likeness (QED) is 0.621. The van der Waals surface area contributed by atoms with Crippen molar-refractivity contribution in [3.05, 3.63) is 36.0 Å². The molecule has 0 spiro atoms. The van der Waals surface area contributed by atoms with E-state index >= 15 is 0 Å². The molecule has 1 radical (unpaired) electrons. The van der Waals surface area contributed by atoms with Crippen LogP contribution in [0.5, 0.6) is 0 Å². The van der Waals surface area contributed by atoms with Gasteiger partial charge in [0.15, 0.2) is 0 Å². The first-order chi connectivity index (χ1) is 5.75. The van der Waals surface area contributed by atoms with Crippen molar-refractivity contribution in [2.75, 3.05) is 5.32 Å². The van der Waals surface area contributed by atoms with Gasteiger partial charge in [-0.1, -0.05) is 0 Å². The van der Waals surface area contributed by atoms with E-state index in [1.807, 2.05) is 0 Å². The summed E-state index contributed by atoms with van der Waals surface area (Å²) in [5.74, 6) is -0.324. The van der Waals surface area contributed by atoms with Crippen molar-refractivity contribution >= 4 is 11.6 Å². The predicted octanol–water partition coefficient (Wildman–Crippen LogP) is 1.72. The first-order valence-electron chi connectivity index (χ1n) is 3.68. The minimum Gasteiger partial charge on any atom is -0.326 e. The summed E-state index contributed by atoms with van der Waals surface area (Å²) in [4.78, 5) is 10.9. The normalized spacial score (nSPS) is 15.2. The summed E-state index contributed by atoms with van der Waals surface area (Å²) >= 11 is 0. The molecule has 0 unspecified atom stereocenters. The van der Waals surface area contributed by atoms with Crippen molar-refractivity contribution in [3.8, 4) is 0 Å². The number of amides is 1. The number of rotatable bonds is 0. The van der Waals surface area contributed by atoms with Crippen molar-refractivity contribution in [2.45, 2.75) is 6.42 Å². The van der Waals surface area contributed by atoms with Crippen molar-refractivity contribution < 1.29 is 9.18 Å². The fraction of sp³-hybridized carbons (Fsp3) is 0.111. The highest BCUT2D eigenvalue weighted by Crippen LogP contribution is 2.23. The predicted molar refractivity (Wildman–Crippen MR) is 43.0 cm³/mol. The molecule has 1 heterocycles. The molecular weight excluding hydrogens is 157 g/mol. The Morgan fingerprint density at radius 3 is 3.08 bits per heavy atom. The lowest BCUT2D eigenvalue weighted by atomic mass is 10.0. The van der Waals surface area contributed by atoms with Gasteiger partial charge in [0.2, 0.25) is 5.91 Å². The second kappa shape index (κ2) is 2.59. The molecule has 2 rings (SSSR count). The zero-order valence-corrected chi connectivity index (χ0v) is 6.30. The minimum atomic E-state index is -0.277. The third-order valence-electron chi connectivity index (χ3n) is 1.80. The van der Waals surface area contributed by atoms with Gasteiger partial charge in [0.1, 0.15) is 5.82 Å². The zero-order chi connectivity index (χ0) is 8.55. The van der Waals surface area contributed by atoms with E-state index in [9.17, 15) is 9.18 Å². The molecule has 1 aromatic rings. The standard InChI is InChI=1S/C9H7FNO/c10-7-2-3-8-6(5-7)1-4-9(12)11-8/h1-3,5H,4H2,(H,11,12). The smallest absolute Gasteiger partial charge is 0.225 e. The number of anilines is 1. The van der Waals surface area contributed by atoms with Gasteiger partial charge in [0.25, 0.3) is 0 Å². The Hall–Kier alpha value is -1.38. The highest BCUT2D eigenvalue weighted by atomic mass is 19.1. The van der Waals surface area contributed by atoms with Crippen molar-refractivity contribution in [2.24, 2.45) is 0 Å². The van der Waals surface area contributed by atoms with Crippen LogP contribution < -0.4 is 5.32 Å². The summed E-state index contributed by atoms with van der Waals surface area (Å²) in [7, 11) is 0. The second-order valence-electron chi connectivity index (χ2n) is 2.69. The number of benzene rings is 1. The fourth-order valence-corrected chi connectivity index (χ4v) is 1.22. The Bertz CT molecular complexity index is 335. The van der Waals surface area contributed by atoms with E-state index < -0.39 is 0 Å². The van der Waals surface area contributed by atoms with E-state index in [1.54, 1.807) is 12.5 Å². The fourth-order valence-electron chi connectivity index (χ4n) is 1.22. The maximum atomic E-state index is 12.7. The minimum absolute atomic E-state index is 0.0471. The van der Waals surface area contributed by atoms with Crippen LogP contribution in [0.1, 0.15) is 12.0 Å². The Kier molecular flexibility index (Phi) is 1.57. The lowest BCUT2D eigenvalue weighted by molar-refractivity contribution is -0.115. The van der Waals surface area contributed by atoms with E-state index in [2.05, 4.69) is 5.32 Å². The van der Waals surface area contributed by atoms with Crippen LogP contribution in [-0.2, 0) is 4.79 Å². The van der Waals surface area contributed by atoms with Crippen LogP contribution in [0.25, 0.3) is 0 Å². The van der Waals surface area contributed by atoms with E-state index in [1.165, 1.54) is 12.1 Å². The molecule has 0 bridgehead atoms. The topological polar surface area (TPSA) is 29.1 Å². The van der Waals surface area contributed by atoms with E-state index in [4.69, 9.17) is 0 Å². The van der Waals surface area contributed by atoms with Crippen LogP contribution in [0.15, 0.2) is 18.2 Å². The molecule has 0 saturated carbocycles. The highest BCUT2D eigenvalue weighted by molar-refractivity contribution is 5.95. The molecule has 1 N–H and O–H groups in total. The zero-order valence-electron chi connectivity index (χ0n) is 6.30. The van der Waals surface area contributed by atoms with Gasteiger partial charge in [-0.05, 0) is 23.8 Å². The van der Waals surface area contributed by atoms with Gasteiger partial charge in [0, 0.05) is 18.5 Å². The summed E-state index contributed by atoms with van der Waals surface area (Å²) in [6.07, 6.45) is 2.05. The third kappa shape index (κ3) is 1.18. The Balaban J connectivity index is 2.43. The van der Waals surface area contributed by atoms with E-state index in [0.717, 1.165) is 5.56 Å². The summed E-state index contributed by atoms with van der Waals surface area (Å²) in [6, 6.07) is 4.31. The molecule has 1 aliphatic heterocycles. The summed E-state index contributed by atoms with van der Waals surface area (Å²) in [5, 5.41) is 2.65. The number of carbonyl (C=O) groups is 1. The Morgan fingerprint density at radius 2 is 2.25 bits per heavy atom. The van der Waals surface area contributed by atoms with Crippen molar-refractivity contribution in [1.29, 1.82) is 0 Å². The lowest BCUT2D eigenvalue weighted by Crippen LogP contribution is -2.17. The van der Waals surface area contributed by atoms with E-state index in [-0.39, 0.29) is 11.7 Å². The van der Waals surface area contributed by atoms with Crippen molar-refractivity contribution in [1.82, 2.24) is 0 Å². The number of halogens is 1. The average molecular weight is 164 g/mol. The molecule has 61 valence electrons. The summed E-state index contributed by atoms with van der Waals surface area (Å²) < 4.78 is 12.7. The molecular formula is C9H7FNO. The molecule has 0 aliphatic carbocycles. The van der Waals surface area contributed by atoms with Gasteiger partial charge in [-0.3, -0.25) is 4.79 Å². The Labute approximate surface area is 69.4 Å². The largest absolute Gasteiger partial charge is 0.326 e. The maximum Gasteiger partial charge on any atom is 0.225 e. The Morgan fingerprint density at radius 1 is 1.42 bits per heavy atom. The lowest BCUT2D eigenvalue weighted by Gasteiger charge is -2.15. The summed E-state index contributed by atoms with van der Waals surface area (Å²) in [6.45, 7) is 0. The monoisotopic (exact) mass is 164 g/mol. The van der Waals surface area contributed by atoms with E-state index in [0.29, 0.717) is 12.1 Å². The first kappa shape index (κ1) is 7.28. The third-order valence-corrected chi connectivity index (χ3v) is 1.80. The van der Waals surface area contributed by atoms with Gasteiger partial charge in [0.05, 0.1) is 0 Å². The average Bonchev–Trinajstić information content (AvgIpc) is 2.05. The molecule has 2 nitrogen and oxygen atoms in total. The molecule has 12 heavy (non-hydrogen) atoms. The number of hydrogen-bond donors (Lipinski definition) is 1. The van der Waals surface area contributed by atoms with Crippen LogP contribution in [0.2, 0.25) is 0 Å². The molecule has 0 atom stereocenters. The van der Waals surface area contributed by atoms with Crippen LogP contribution in [0.4, 0.5) is 10.1 Å². The number of carbonyl (C=O) groups excluding carboxylic acids is 1. The number of nitrogens with one attached hydrogen (secondary N) is 1. The van der Waals surface area contributed by atoms with Crippen LogP contribution in [0.3, 0.4) is 0 Å². The van der Waals surface area contributed by atoms with Crippen LogP contribution in [0, 0.1) is 12.2 Å². The number of hydrogen-bond acceptors (Lipinski definition) is 1. The number of fused-ring (bicyclic) bond motifs is 1. The van der Waals surface area contributed by atoms with Gasteiger partial charge in [-0.15, -0.1) is 0 Å². The van der Waals surface area contributed by atoms with Gasteiger partial charge in [-0.2, -0.15) is 0 Å². The first-order valence-corrected chi connectivity index (χ1v) is 3.68. The molecule has 1 aliphatic rings. The van der Waals surface area contributed by atoms with Crippen LogP contribution in [-0.4, -0.2) is 5.91 Å². The highest BCUT2D eigenvalue weighted by Gasteiger charge is 2.14. The van der Waals surface area contributed by atoms with Gasteiger partial charge >= 0.3 is 0 Å².